The first-order valence-electron chi connectivity index (χ1n) is 8.51. The summed E-state index contributed by atoms with van der Waals surface area (Å²) >= 11 is 0. The van der Waals surface area contributed by atoms with Gasteiger partial charge in [0.25, 0.3) is 5.91 Å². The number of carbonyl (C=O) groups is 1. The highest BCUT2D eigenvalue weighted by Crippen LogP contribution is 2.27. The predicted molar refractivity (Wildman–Crippen MR) is 98.9 cm³/mol. The number of carbonyl (C=O) groups excluding carboxylic acids is 1. The molecular weight excluding hydrogens is 318 g/mol. The van der Waals surface area contributed by atoms with Gasteiger partial charge in [0.2, 0.25) is 0 Å². The van der Waals surface area contributed by atoms with Crippen LogP contribution in [0.4, 0.5) is 5.69 Å². The Labute approximate surface area is 148 Å². The Bertz CT molecular complexity index is 713. The molecule has 1 amide bonds. The van der Waals surface area contributed by atoms with E-state index < -0.39 is 0 Å². The minimum absolute atomic E-state index is 0.0709. The lowest BCUT2D eigenvalue weighted by Gasteiger charge is -2.14. The highest BCUT2D eigenvalue weighted by atomic mass is 16.5. The van der Waals surface area contributed by atoms with Gasteiger partial charge < -0.3 is 19.5 Å². The number of ether oxygens (including phenoxy) is 3. The molecule has 0 atom stereocenters. The van der Waals surface area contributed by atoms with Crippen LogP contribution in [0.25, 0.3) is 0 Å². The van der Waals surface area contributed by atoms with Crippen LogP contribution in [0.15, 0.2) is 42.5 Å². The van der Waals surface area contributed by atoms with Crippen molar-refractivity contribution in [1.82, 2.24) is 0 Å². The third-order valence-electron chi connectivity index (χ3n) is 3.27. The maximum atomic E-state index is 12.6. The maximum absolute atomic E-state index is 12.6. The van der Waals surface area contributed by atoms with Crippen LogP contribution in [-0.2, 0) is 0 Å². The van der Waals surface area contributed by atoms with Gasteiger partial charge in [-0.3, -0.25) is 4.79 Å². The van der Waals surface area contributed by atoms with Gasteiger partial charge >= 0.3 is 0 Å². The van der Waals surface area contributed by atoms with E-state index in [1.54, 1.807) is 24.3 Å². The fraction of sp³-hybridized carbons (Fsp3) is 0.350. The van der Waals surface area contributed by atoms with E-state index in [0.717, 1.165) is 0 Å². The first kappa shape index (κ1) is 18.6. The van der Waals surface area contributed by atoms with Gasteiger partial charge in [0.15, 0.2) is 0 Å². The van der Waals surface area contributed by atoms with E-state index in [9.17, 15) is 4.79 Å². The average molecular weight is 343 g/mol. The summed E-state index contributed by atoms with van der Waals surface area (Å²) in [4.78, 5) is 12.6. The molecule has 0 fully saturated rings. The van der Waals surface area contributed by atoms with E-state index in [1.807, 2.05) is 45.9 Å². The van der Waals surface area contributed by atoms with Crippen molar-refractivity contribution in [2.24, 2.45) is 0 Å². The van der Waals surface area contributed by atoms with Crippen LogP contribution in [0.2, 0.25) is 0 Å². The fourth-order valence-electron chi connectivity index (χ4n) is 2.34. The number of hydrogen-bond donors (Lipinski definition) is 1. The van der Waals surface area contributed by atoms with Crippen LogP contribution in [0.5, 0.6) is 17.2 Å². The summed E-state index contributed by atoms with van der Waals surface area (Å²) in [6, 6.07) is 12.5. The monoisotopic (exact) mass is 343 g/mol. The number of rotatable bonds is 8. The van der Waals surface area contributed by atoms with Crippen LogP contribution in [-0.4, -0.2) is 25.2 Å². The van der Waals surface area contributed by atoms with Gasteiger partial charge in [-0.15, -0.1) is 0 Å². The Balaban J connectivity index is 2.19. The molecule has 134 valence electrons. The summed E-state index contributed by atoms with van der Waals surface area (Å²) in [5.41, 5.74) is 1.12. The van der Waals surface area contributed by atoms with Crippen molar-refractivity contribution in [3.05, 3.63) is 48.0 Å². The van der Waals surface area contributed by atoms with Crippen molar-refractivity contribution in [3.63, 3.8) is 0 Å². The molecule has 25 heavy (non-hydrogen) atoms. The number of amides is 1. The lowest BCUT2D eigenvalue weighted by atomic mass is 10.1. The Kier molecular flexibility index (Phi) is 6.69. The summed E-state index contributed by atoms with van der Waals surface area (Å²) in [7, 11) is 0. The van der Waals surface area contributed by atoms with Gasteiger partial charge in [-0.2, -0.15) is 0 Å². The second-order valence-electron chi connectivity index (χ2n) is 5.67. The van der Waals surface area contributed by atoms with E-state index in [4.69, 9.17) is 14.2 Å². The number of benzene rings is 2. The Hall–Kier alpha value is -2.69. The van der Waals surface area contributed by atoms with Crippen LogP contribution in [0.1, 0.15) is 38.1 Å². The van der Waals surface area contributed by atoms with E-state index >= 15 is 0 Å². The van der Waals surface area contributed by atoms with Gasteiger partial charge in [0, 0.05) is 17.8 Å². The molecule has 0 heterocycles. The summed E-state index contributed by atoms with van der Waals surface area (Å²) in [6.07, 6.45) is 0.0709. The number of hydrogen-bond acceptors (Lipinski definition) is 4. The van der Waals surface area contributed by atoms with Gasteiger partial charge in [-0.05, 0) is 52.0 Å². The van der Waals surface area contributed by atoms with Gasteiger partial charge in [0.05, 0.1) is 24.9 Å². The van der Waals surface area contributed by atoms with Crippen molar-refractivity contribution >= 4 is 11.6 Å². The summed E-state index contributed by atoms with van der Waals surface area (Å²) in [5, 5.41) is 2.88. The van der Waals surface area contributed by atoms with Crippen LogP contribution >= 0.6 is 0 Å². The summed E-state index contributed by atoms with van der Waals surface area (Å²) < 4.78 is 16.7. The molecule has 0 aliphatic heterocycles. The largest absolute Gasteiger partial charge is 0.494 e. The molecular formula is C20H25NO4. The smallest absolute Gasteiger partial charge is 0.259 e. The fourth-order valence-corrected chi connectivity index (χ4v) is 2.34. The highest BCUT2D eigenvalue weighted by molar-refractivity contribution is 6.06. The second kappa shape index (κ2) is 8.97. The van der Waals surface area contributed by atoms with Crippen molar-refractivity contribution in [1.29, 1.82) is 0 Å². The van der Waals surface area contributed by atoms with Crippen LogP contribution in [0.3, 0.4) is 0 Å². The quantitative estimate of drug-likeness (QED) is 0.765. The first-order chi connectivity index (χ1) is 12.0. The molecule has 5 heteroatoms. The standard InChI is InChI=1S/C20H25NO4/c1-5-23-16-10-11-18(19(13-16)24-6-2)20(22)21-15-8-7-9-17(12-15)25-14(3)4/h7-14H,5-6H2,1-4H3,(H,21,22). The Morgan fingerprint density at radius 1 is 1.00 bits per heavy atom. The van der Waals surface area contributed by atoms with Crippen LogP contribution in [0, 0.1) is 0 Å². The maximum Gasteiger partial charge on any atom is 0.259 e. The summed E-state index contributed by atoms with van der Waals surface area (Å²) in [5.74, 6) is 1.65. The minimum atomic E-state index is -0.242. The van der Waals surface area contributed by atoms with E-state index in [-0.39, 0.29) is 12.0 Å². The third-order valence-corrected chi connectivity index (χ3v) is 3.27. The normalized spacial score (nSPS) is 10.4. The minimum Gasteiger partial charge on any atom is -0.494 e. The first-order valence-corrected chi connectivity index (χ1v) is 8.51. The molecule has 2 rings (SSSR count). The van der Waals surface area contributed by atoms with Gasteiger partial charge in [-0.1, -0.05) is 6.07 Å². The van der Waals surface area contributed by atoms with E-state index in [2.05, 4.69) is 5.32 Å². The molecule has 0 unspecified atom stereocenters. The molecule has 0 saturated heterocycles. The van der Waals surface area contributed by atoms with Crippen molar-refractivity contribution < 1.29 is 19.0 Å². The molecule has 0 aliphatic rings. The van der Waals surface area contributed by atoms with E-state index in [0.29, 0.717) is 41.7 Å². The zero-order valence-corrected chi connectivity index (χ0v) is 15.2. The van der Waals surface area contributed by atoms with Crippen molar-refractivity contribution in [3.8, 4) is 17.2 Å². The predicted octanol–water partition coefficient (Wildman–Crippen LogP) is 4.52. The number of anilines is 1. The average Bonchev–Trinajstić information content (AvgIpc) is 2.55. The summed E-state index contributed by atoms with van der Waals surface area (Å²) in [6.45, 7) is 8.72. The SMILES string of the molecule is CCOc1ccc(C(=O)Nc2cccc(OC(C)C)c2)c(OCC)c1. The molecule has 0 bridgehead atoms. The lowest BCUT2D eigenvalue weighted by molar-refractivity contribution is 0.102. The molecule has 0 aliphatic carbocycles. The Morgan fingerprint density at radius 3 is 2.44 bits per heavy atom. The zero-order valence-electron chi connectivity index (χ0n) is 15.2. The van der Waals surface area contributed by atoms with Crippen molar-refractivity contribution in [2.75, 3.05) is 18.5 Å². The molecule has 0 saturated carbocycles. The molecule has 2 aromatic carbocycles. The van der Waals surface area contributed by atoms with Gasteiger partial charge in [0.1, 0.15) is 17.2 Å². The molecule has 1 N–H and O–H groups in total. The lowest BCUT2D eigenvalue weighted by Crippen LogP contribution is -2.14. The van der Waals surface area contributed by atoms with Gasteiger partial charge in [-0.25, -0.2) is 0 Å². The zero-order chi connectivity index (χ0) is 18.2. The molecule has 0 spiro atoms. The molecule has 0 radical (unpaired) electrons. The van der Waals surface area contributed by atoms with E-state index in [1.165, 1.54) is 0 Å². The van der Waals surface area contributed by atoms with Crippen molar-refractivity contribution in [2.45, 2.75) is 33.8 Å². The number of nitrogens with one attached hydrogen (secondary N) is 1. The van der Waals surface area contributed by atoms with Crippen LogP contribution < -0.4 is 19.5 Å². The highest BCUT2D eigenvalue weighted by Gasteiger charge is 2.14. The Morgan fingerprint density at radius 2 is 1.76 bits per heavy atom. The second-order valence-corrected chi connectivity index (χ2v) is 5.67. The molecule has 5 nitrogen and oxygen atoms in total. The molecule has 2 aromatic rings. The molecule has 0 aromatic heterocycles. The topological polar surface area (TPSA) is 56.8 Å². The third kappa shape index (κ3) is 5.41.